The summed E-state index contributed by atoms with van der Waals surface area (Å²) in [5.41, 5.74) is 0. The first-order valence-corrected chi connectivity index (χ1v) is 6.31. The molecule has 0 aliphatic rings. The van der Waals surface area contributed by atoms with Crippen molar-refractivity contribution in [1.29, 1.82) is 0 Å². The Kier molecular flexibility index (Phi) is 5.86. The Balaban J connectivity index is 2.36. The van der Waals surface area contributed by atoms with Gasteiger partial charge in [0.15, 0.2) is 0 Å². The van der Waals surface area contributed by atoms with Gasteiger partial charge in [-0.1, -0.05) is 0 Å². The Labute approximate surface area is 105 Å². The maximum atomic E-state index is 11.4. The van der Waals surface area contributed by atoms with E-state index in [1.807, 2.05) is 24.3 Å². The number of ether oxygens (including phenoxy) is 1. The van der Waals surface area contributed by atoms with E-state index in [0.29, 0.717) is 5.75 Å². The zero-order valence-corrected chi connectivity index (χ0v) is 10.8. The van der Waals surface area contributed by atoms with Crippen LogP contribution in [0.3, 0.4) is 0 Å². The van der Waals surface area contributed by atoms with Crippen LogP contribution in [0.25, 0.3) is 0 Å². The van der Waals surface area contributed by atoms with E-state index >= 15 is 0 Å². The van der Waals surface area contributed by atoms with Crippen molar-refractivity contribution in [3.05, 3.63) is 24.3 Å². The van der Waals surface area contributed by atoms with Crippen LogP contribution in [-0.2, 0) is 4.79 Å². The van der Waals surface area contributed by atoms with E-state index in [4.69, 9.17) is 9.84 Å². The van der Waals surface area contributed by atoms with Crippen LogP contribution in [-0.4, -0.2) is 36.5 Å². The van der Waals surface area contributed by atoms with Gasteiger partial charge in [0.05, 0.1) is 19.5 Å². The Bertz CT molecular complexity index is 353. The minimum absolute atomic E-state index is 0.0427. The minimum atomic E-state index is -0.195. The van der Waals surface area contributed by atoms with Crippen LogP contribution >= 0.6 is 11.8 Å². The van der Waals surface area contributed by atoms with E-state index in [0.717, 1.165) is 10.6 Å². The van der Waals surface area contributed by atoms with Gasteiger partial charge in [-0.3, -0.25) is 4.79 Å². The third-order valence-electron chi connectivity index (χ3n) is 2.11. The Morgan fingerprint density at radius 2 is 2.12 bits per heavy atom. The first-order valence-electron chi connectivity index (χ1n) is 5.32. The van der Waals surface area contributed by atoms with Crippen molar-refractivity contribution in [1.82, 2.24) is 5.32 Å². The fourth-order valence-corrected chi connectivity index (χ4v) is 1.89. The van der Waals surface area contributed by atoms with Crippen molar-refractivity contribution >= 4 is 17.7 Å². The van der Waals surface area contributed by atoms with E-state index in [2.05, 4.69) is 5.32 Å². The third kappa shape index (κ3) is 5.10. The van der Waals surface area contributed by atoms with E-state index in [1.54, 1.807) is 14.0 Å². The Morgan fingerprint density at radius 1 is 1.47 bits per heavy atom. The van der Waals surface area contributed by atoms with Gasteiger partial charge < -0.3 is 15.2 Å². The quantitative estimate of drug-likeness (QED) is 0.752. The van der Waals surface area contributed by atoms with Gasteiger partial charge in [0.2, 0.25) is 5.91 Å². The molecule has 0 fully saturated rings. The summed E-state index contributed by atoms with van der Waals surface area (Å²) in [5.74, 6) is 1.07. The molecule has 5 heteroatoms. The molecule has 0 saturated carbocycles. The first-order chi connectivity index (χ1) is 8.15. The third-order valence-corrected chi connectivity index (χ3v) is 3.12. The van der Waals surface area contributed by atoms with Crippen molar-refractivity contribution in [3.8, 4) is 5.75 Å². The SMILES string of the molecule is COc1ccc(SCC(=O)N[C@H](C)CO)cc1. The van der Waals surface area contributed by atoms with Crippen molar-refractivity contribution in [3.63, 3.8) is 0 Å². The summed E-state index contributed by atoms with van der Waals surface area (Å²) in [4.78, 5) is 12.5. The number of carbonyl (C=O) groups is 1. The fraction of sp³-hybridized carbons (Fsp3) is 0.417. The van der Waals surface area contributed by atoms with Gasteiger partial charge in [-0.15, -0.1) is 11.8 Å². The van der Waals surface area contributed by atoms with E-state index in [-0.39, 0.29) is 18.6 Å². The summed E-state index contributed by atoms with van der Waals surface area (Å²) in [6.07, 6.45) is 0. The predicted octanol–water partition coefficient (Wildman–Crippen LogP) is 1.28. The molecule has 0 bridgehead atoms. The first kappa shape index (κ1) is 13.9. The van der Waals surface area contributed by atoms with E-state index in [1.165, 1.54) is 11.8 Å². The molecule has 2 N–H and O–H groups in total. The topological polar surface area (TPSA) is 58.6 Å². The zero-order chi connectivity index (χ0) is 12.7. The second-order valence-electron chi connectivity index (χ2n) is 3.62. The number of hydrogen-bond donors (Lipinski definition) is 2. The average Bonchev–Trinajstić information content (AvgIpc) is 2.36. The number of amides is 1. The second kappa shape index (κ2) is 7.19. The van der Waals surface area contributed by atoms with Crippen molar-refractivity contribution in [2.75, 3.05) is 19.5 Å². The molecule has 1 amide bonds. The number of rotatable bonds is 6. The van der Waals surface area contributed by atoms with Crippen LogP contribution in [0.4, 0.5) is 0 Å². The highest BCUT2D eigenvalue weighted by molar-refractivity contribution is 8.00. The molecule has 0 saturated heterocycles. The molecule has 1 rings (SSSR count). The lowest BCUT2D eigenvalue weighted by atomic mass is 10.3. The normalized spacial score (nSPS) is 11.9. The molecular weight excluding hydrogens is 238 g/mol. The minimum Gasteiger partial charge on any atom is -0.497 e. The number of benzene rings is 1. The number of nitrogens with one attached hydrogen (secondary N) is 1. The Hall–Kier alpha value is -1.20. The standard InChI is InChI=1S/C12H17NO3S/c1-9(7-14)13-12(15)8-17-11-5-3-10(16-2)4-6-11/h3-6,9,14H,7-8H2,1-2H3,(H,13,15)/t9-/m1/s1. The van der Waals surface area contributed by atoms with Gasteiger partial charge >= 0.3 is 0 Å². The van der Waals surface area contributed by atoms with Gasteiger partial charge in [-0.05, 0) is 31.2 Å². The highest BCUT2D eigenvalue weighted by atomic mass is 32.2. The molecule has 1 aromatic rings. The molecular formula is C12H17NO3S. The number of carbonyl (C=O) groups excluding carboxylic acids is 1. The number of aliphatic hydroxyl groups is 1. The van der Waals surface area contributed by atoms with E-state index in [9.17, 15) is 4.79 Å². The highest BCUT2D eigenvalue weighted by Crippen LogP contribution is 2.20. The van der Waals surface area contributed by atoms with Crippen LogP contribution in [0.2, 0.25) is 0 Å². The van der Waals surface area contributed by atoms with Crippen molar-refractivity contribution < 1.29 is 14.6 Å². The van der Waals surface area contributed by atoms with Gasteiger partial charge in [0.1, 0.15) is 5.75 Å². The molecule has 4 nitrogen and oxygen atoms in total. The monoisotopic (exact) mass is 255 g/mol. The summed E-state index contributed by atoms with van der Waals surface area (Å²) < 4.78 is 5.05. The summed E-state index contributed by atoms with van der Waals surface area (Å²) in [7, 11) is 1.62. The van der Waals surface area contributed by atoms with Crippen LogP contribution in [0.1, 0.15) is 6.92 Å². The number of methoxy groups -OCH3 is 1. The van der Waals surface area contributed by atoms with Gasteiger partial charge in [0.25, 0.3) is 0 Å². The summed E-state index contributed by atoms with van der Waals surface area (Å²) in [6.45, 7) is 1.72. The van der Waals surface area contributed by atoms with Crippen molar-refractivity contribution in [2.45, 2.75) is 17.9 Å². The summed E-state index contributed by atoms with van der Waals surface area (Å²) in [5, 5.41) is 11.5. The van der Waals surface area contributed by atoms with Crippen LogP contribution in [0.15, 0.2) is 29.2 Å². The lowest BCUT2D eigenvalue weighted by molar-refractivity contribution is -0.119. The molecule has 0 heterocycles. The Morgan fingerprint density at radius 3 is 2.65 bits per heavy atom. The van der Waals surface area contributed by atoms with Crippen molar-refractivity contribution in [2.24, 2.45) is 0 Å². The molecule has 0 unspecified atom stereocenters. The molecule has 0 aliphatic carbocycles. The molecule has 1 aromatic carbocycles. The molecule has 0 aliphatic heterocycles. The lowest BCUT2D eigenvalue weighted by Gasteiger charge is -2.10. The molecule has 94 valence electrons. The highest BCUT2D eigenvalue weighted by Gasteiger charge is 2.06. The summed E-state index contributed by atoms with van der Waals surface area (Å²) in [6, 6.07) is 7.34. The summed E-state index contributed by atoms with van der Waals surface area (Å²) >= 11 is 1.45. The largest absolute Gasteiger partial charge is 0.497 e. The number of thioether (sulfide) groups is 1. The van der Waals surface area contributed by atoms with Gasteiger partial charge in [-0.2, -0.15) is 0 Å². The molecule has 1 atom stereocenters. The van der Waals surface area contributed by atoms with E-state index < -0.39 is 0 Å². The average molecular weight is 255 g/mol. The molecule has 17 heavy (non-hydrogen) atoms. The number of hydrogen-bond acceptors (Lipinski definition) is 4. The maximum Gasteiger partial charge on any atom is 0.230 e. The zero-order valence-electron chi connectivity index (χ0n) is 9.97. The molecule has 0 aromatic heterocycles. The van der Waals surface area contributed by atoms with Gasteiger partial charge in [0, 0.05) is 10.9 Å². The predicted molar refractivity (Wildman–Crippen MR) is 68.4 cm³/mol. The second-order valence-corrected chi connectivity index (χ2v) is 4.66. The molecule has 0 spiro atoms. The maximum absolute atomic E-state index is 11.4. The van der Waals surface area contributed by atoms with Crippen LogP contribution in [0, 0.1) is 0 Å². The number of aliphatic hydroxyl groups excluding tert-OH is 1. The lowest BCUT2D eigenvalue weighted by Crippen LogP contribution is -2.36. The fourth-order valence-electron chi connectivity index (χ4n) is 1.18. The van der Waals surface area contributed by atoms with Crippen LogP contribution in [0.5, 0.6) is 5.75 Å². The van der Waals surface area contributed by atoms with Crippen LogP contribution < -0.4 is 10.1 Å². The smallest absolute Gasteiger partial charge is 0.230 e. The molecule has 0 radical (unpaired) electrons. The van der Waals surface area contributed by atoms with Gasteiger partial charge in [-0.25, -0.2) is 0 Å².